The second kappa shape index (κ2) is 8.71. The number of fused-ring (bicyclic) bond motifs is 1. The van der Waals surface area contributed by atoms with E-state index >= 15 is 0 Å². The Morgan fingerprint density at radius 1 is 1.13 bits per heavy atom. The Morgan fingerprint density at radius 2 is 1.97 bits per heavy atom. The van der Waals surface area contributed by atoms with Gasteiger partial charge in [-0.15, -0.1) is 0 Å². The third-order valence-corrected chi connectivity index (χ3v) is 5.29. The van der Waals surface area contributed by atoms with Crippen LogP contribution in [0.4, 0.5) is 5.95 Å². The Morgan fingerprint density at radius 3 is 2.68 bits per heavy atom. The number of aryl methyl sites for hydroxylation is 1. The highest BCUT2D eigenvalue weighted by Crippen LogP contribution is 2.29. The first-order chi connectivity index (χ1) is 15.0. The minimum atomic E-state index is -0.215. The maximum absolute atomic E-state index is 13.4. The molecule has 0 aliphatic carbocycles. The van der Waals surface area contributed by atoms with Gasteiger partial charge in [0.1, 0.15) is 5.65 Å². The van der Waals surface area contributed by atoms with Gasteiger partial charge in [-0.3, -0.25) is 18.7 Å². The second-order valence-corrected chi connectivity index (χ2v) is 7.36. The maximum Gasteiger partial charge on any atom is 0.260 e. The van der Waals surface area contributed by atoms with E-state index in [4.69, 9.17) is 17.3 Å². The first kappa shape index (κ1) is 20.8. The molecule has 4 aromatic rings. The molecule has 0 aliphatic rings. The van der Waals surface area contributed by atoms with Crippen LogP contribution in [0.25, 0.3) is 27.8 Å². The van der Waals surface area contributed by atoms with Crippen LogP contribution in [-0.4, -0.2) is 32.7 Å². The van der Waals surface area contributed by atoms with Crippen molar-refractivity contribution in [1.82, 2.24) is 19.1 Å². The van der Waals surface area contributed by atoms with Gasteiger partial charge < -0.3 is 11.1 Å². The molecule has 0 saturated heterocycles. The van der Waals surface area contributed by atoms with E-state index in [1.54, 1.807) is 60.4 Å². The number of nitrogens with zero attached hydrogens (tertiary/aromatic N) is 4. The van der Waals surface area contributed by atoms with E-state index in [0.717, 1.165) is 0 Å². The molecule has 9 heteroatoms. The number of aromatic nitrogens is 4. The zero-order chi connectivity index (χ0) is 22.0. The van der Waals surface area contributed by atoms with Crippen molar-refractivity contribution in [1.29, 1.82) is 0 Å². The molecule has 0 atom stereocenters. The summed E-state index contributed by atoms with van der Waals surface area (Å²) in [5.74, 6) is 0.428. The van der Waals surface area contributed by atoms with Crippen molar-refractivity contribution >= 4 is 28.6 Å². The van der Waals surface area contributed by atoms with Crippen molar-refractivity contribution in [2.75, 3.05) is 18.9 Å². The highest BCUT2D eigenvalue weighted by atomic mass is 35.5. The Balaban J connectivity index is 1.90. The van der Waals surface area contributed by atoms with Crippen molar-refractivity contribution in [2.24, 2.45) is 5.73 Å². The Hall–Kier alpha value is -3.49. The highest BCUT2D eigenvalue weighted by Gasteiger charge is 2.16. The lowest BCUT2D eigenvalue weighted by molar-refractivity contribution is 0.646. The third-order valence-electron chi connectivity index (χ3n) is 4.98. The SMILES string of the molecule is CNc1ncc2cc(-c3ccc(-n4ccccc4=O)cc3Cl)c(=O)n(CCCN)c2n1. The number of pyridine rings is 2. The number of halogens is 1. The highest BCUT2D eigenvalue weighted by molar-refractivity contribution is 6.33. The zero-order valence-corrected chi connectivity index (χ0v) is 17.6. The third kappa shape index (κ3) is 3.95. The molecule has 0 unspecified atom stereocenters. The van der Waals surface area contributed by atoms with Gasteiger partial charge in [-0.2, -0.15) is 4.98 Å². The summed E-state index contributed by atoms with van der Waals surface area (Å²) in [7, 11) is 1.72. The average Bonchev–Trinajstić information content (AvgIpc) is 2.78. The number of hydrogen-bond acceptors (Lipinski definition) is 6. The smallest absolute Gasteiger partial charge is 0.260 e. The molecule has 3 heterocycles. The average molecular weight is 437 g/mol. The molecule has 1 aromatic carbocycles. The van der Waals surface area contributed by atoms with E-state index in [1.165, 1.54) is 10.6 Å². The van der Waals surface area contributed by atoms with E-state index in [0.29, 0.717) is 58.3 Å². The van der Waals surface area contributed by atoms with E-state index < -0.39 is 0 Å². The maximum atomic E-state index is 13.4. The quantitative estimate of drug-likeness (QED) is 0.481. The van der Waals surface area contributed by atoms with E-state index in [2.05, 4.69) is 15.3 Å². The second-order valence-electron chi connectivity index (χ2n) is 6.95. The van der Waals surface area contributed by atoms with Gasteiger partial charge in [-0.25, -0.2) is 4.98 Å². The van der Waals surface area contributed by atoms with Crippen LogP contribution in [0.1, 0.15) is 6.42 Å². The van der Waals surface area contributed by atoms with Gasteiger partial charge in [0.25, 0.3) is 11.1 Å². The zero-order valence-electron chi connectivity index (χ0n) is 16.9. The van der Waals surface area contributed by atoms with Gasteiger partial charge in [0, 0.05) is 48.6 Å². The lowest BCUT2D eigenvalue weighted by Crippen LogP contribution is -2.24. The van der Waals surface area contributed by atoms with Crippen molar-refractivity contribution in [3.05, 3.63) is 80.6 Å². The molecule has 158 valence electrons. The van der Waals surface area contributed by atoms with Gasteiger partial charge >= 0.3 is 0 Å². The molecule has 3 N–H and O–H groups in total. The van der Waals surface area contributed by atoms with Crippen LogP contribution < -0.4 is 22.2 Å². The monoisotopic (exact) mass is 436 g/mol. The van der Waals surface area contributed by atoms with Crippen LogP contribution in [0, 0.1) is 0 Å². The fourth-order valence-corrected chi connectivity index (χ4v) is 3.72. The summed E-state index contributed by atoms with van der Waals surface area (Å²) < 4.78 is 3.09. The number of anilines is 1. The van der Waals surface area contributed by atoms with Crippen LogP contribution in [0.15, 0.2) is 64.4 Å². The Kier molecular flexibility index (Phi) is 5.83. The van der Waals surface area contributed by atoms with Gasteiger partial charge in [-0.05, 0) is 37.2 Å². The molecule has 3 aromatic heterocycles. The number of nitrogens with two attached hydrogens (primary N) is 1. The minimum absolute atomic E-state index is 0.168. The lowest BCUT2D eigenvalue weighted by atomic mass is 10.1. The standard InChI is InChI=1S/C22H21ClN6O2/c1-25-22-26-13-14-11-17(21(31)29(10-4-8-24)20(14)27-22)16-7-6-15(12-18(16)23)28-9-3-2-5-19(28)30/h2-3,5-7,9,11-13H,4,8,10,24H2,1H3,(H,25,26,27). The first-order valence-electron chi connectivity index (χ1n) is 9.80. The van der Waals surface area contributed by atoms with Gasteiger partial charge in [0.05, 0.1) is 10.7 Å². The number of hydrogen-bond donors (Lipinski definition) is 2. The summed E-state index contributed by atoms with van der Waals surface area (Å²) in [5, 5.41) is 3.97. The molecule has 0 bridgehead atoms. The number of benzene rings is 1. The predicted octanol–water partition coefficient (Wildman–Crippen LogP) is 2.65. The van der Waals surface area contributed by atoms with E-state index in [1.807, 2.05) is 0 Å². The van der Waals surface area contributed by atoms with Crippen LogP contribution in [0.5, 0.6) is 0 Å². The molecule has 0 fully saturated rings. The molecule has 8 nitrogen and oxygen atoms in total. The number of nitrogens with one attached hydrogen (secondary N) is 1. The molecular weight excluding hydrogens is 416 g/mol. The molecular formula is C22H21ClN6O2. The number of rotatable bonds is 6. The molecule has 0 spiro atoms. The van der Waals surface area contributed by atoms with Crippen molar-refractivity contribution < 1.29 is 0 Å². The molecule has 0 aliphatic heterocycles. The fraction of sp³-hybridized carbons (Fsp3) is 0.182. The van der Waals surface area contributed by atoms with Crippen molar-refractivity contribution in [3.63, 3.8) is 0 Å². The first-order valence-corrected chi connectivity index (χ1v) is 10.2. The summed E-state index contributed by atoms with van der Waals surface area (Å²) in [5.41, 5.74) is 7.44. The minimum Gasteiger partial charge on any atom is -0.357 e. The van der Waals surface area contributed by atoms with Gasteiger partial charge in [0.2, 0.25) is 5.95 Å². The Labute approximate surface area is 183 Å². The van der Waals surface area contributed by atoms with Crippen LogP contribution >= 0.6 is 11.6 Å². The molecule has 31 heavy (non-hydrogen) atoms. The predicted molar refractivity (Wildman–Crippen MR) is 123 cm³/mol. The van der Waals surface area contributed by atoms with Gasteiger partial charge in [0.15, 0.2) is 0 Å². The molecule has 4 rings (SSSR count). The summed E-state index contributed by atoms with van der Waals surface area (Å²) >= 11 is 6.57. The molecule has 0 amide bonds. The fourth-order valence-electron chi connectivity index (χ4n) is 3.44. The van der Waals surface area contributed by atoms with Crippen molar-refractivity contribution in [3.8, 4) is 16.8 Å². The van der Waals surface area contributed by atoms with Crippen LogP contribution in [0.3, 0.4) is 0 Å². The topological polar surface area (TPSA) is 108 Å². The Bertz CT molecular complexity index is 1380. The van der Waals surface area contributed by atoms with Gasteiger partial charge in [-0.1, -0.05) is 23.7 Å². The largest absolute Gasteiger partial charge is 0.357 e. The summed E-state index contributed by atoms with van der Waals surface area (Å²) in [6.07, 6.45) is 3.96. The summed E-state index contributed by atoms with van der Waals surface area (Å²) in [6, 6.07) is 11.8. The van der Waals surface area contributed by atoms with Crippen LogP contribution in [-0.2, 0) is 6.54 Å². The normalized spacial score (nSPS) is 11.1. The summed E-state index contributed by atoms with van der Waals surface area (Å²) in [6.45, 7) is 0.873. The lowest BCUT2D eigenvalue weighted by Gasteiger charge is -2.14. The summed E-state index contributed by atoms with van der Waals surface area (Å²) in [4.78, 5) is 34.2. The van der Waals surface area contributed by atoms with E-state index in [9.17, 15) is 9.59 Å². The van der Waals surface area contributed by atoms with Crippen LogP contribution in [0.2, 0.25) is 5.02 Å². The molecule has 0 saturated carbocycles. The van der Waals surface area contributed by atoms with Crippen molar-refractivity contribution in [2.45, 2.75) is 13.0 Å². The molecule has 0 radical (unpaired) electrons. The van der Waals surface area contributed by atoms with E-state index in [-0.39, 0.29) is 11.1 Å².